The van der Waals surface area contributed by atoms with Gasteiger partial charge in [-0.1, -0.05) is 6.07 Å². The maximum absolute atomic E-state index is 6.13. The van der Waals surface area contributed by atoms with E-state index in [9.17, 15) is 0 Å². The molecule has 9 heteroatoms. The molecule has 1 atom stereocenters. The average molecular weight is 508 g/mol. The number of aliphatic imine (C=N–C) groups is 1. The predicted molar refractivity (Wildman–Crippen MR) is 143 cm³/mol. The quantitative estimate of drug-likeness (QED) is 0.336. The summed E-state index contributed by atoms with van der Waals surface area (Å²) >= 11 is 1.69. The number of nitrogens with zero attached hydrogens (tertiary/aromatic N) is 4. The van der Waals surface area contributed by atoms with Gasteiger partial charge in [-0.2, -0.15) is 0 Å². The number of imidazole rings is 1. The highest BCUT2D eigenvalue weighted by atomic mass is 32.1. The van der Waals surface area contributed by atoms with Crippen molar-refractivity contribution >= 4 is 23.1 Å². The zero-order valence-electron chi connectivity index (χ0n) is 20.9. The Labute approximate surface area is 215 Å². The number of fused-ring (bicyclic) bond motifs is 3. The Morgan fingerprint density at radius 3 is 3.06 bits per heavy atom. The Morgan fingerprint density at radius 1 is 1.33 bits per heavy atom. The first-order valence-electron chi connectivity index (χ1n) is 12.6. The number of allylic oxidation sites excluding steroid dienone is 1. The molecule has 8 nitrogen and oxygen atoms in total. The molecule has 36 heavy (non-hydrogen) atoms. The van der Waals surface area contributed by atoms with Gasteiger partial charge in [0.15, 0.2) is 17.1 Å². The van der Waals surface area contributed by atoms with E-state index in [1.54, 1.807) is 23.8 Å². The average Bonchev–Trinajstić information content (AvgIpc) is 3.51. The normalized spacial score (nSPS) is 18.2. The Bertz CT molecular complexity index is 1240. The van der Waals surface area contributed by atoms with E-state index in [1.165, 1.54) is 4.88 Å². The van der Waals surface area contributed by atoms with E-state index in [0.29, 0.717) is 25.8 Å². The van der Waals surface area contributed by atoms with Gasteiger partial charge < -0.3 is 24.5 Å². The zero-order valence-corrected chi connectivity index (χ0v) is 21.7. The summed E-state index contributed by atoms with van der Waals surface area (Å²) in [5.74, 6) is 1.71. The van der Waals surface area contributed by atoms with E-state index in [1.807, 2.05) is 24.5 Å². The highest BCUT2D eigenvalue weighted by molar-refractivity contribution is 7.15. The van der Waals surface area contributed by atoms with Crippen LogP contribution in [0, 0.1) is 0 Å². The van der Waals surface area contributed by atoms with E-state index >= 15 is 0 Å². The Morgan fingerprint density at radius 2 is 2.25 bits per heavy atom. The molecule has 1 fully saturated rings. The number of ether oxygens (including phenoxy) is 3. The Hall–Kier alpha value is -3.01. The highest BCUT2D eigenvalue weighted by Crippen LogP contribution is 2.41. The van der Waals surface area contributed by atoms with Crippen LogP contribution in [-0.4, -0.2) is 53.4 Å². The molecule has 0 saturated carbocycles. The summed E-state index contributed by atoms with van der Waals surface area (Å²) in [6, 6.07) is 6.45. The molecule has 0 amide bonds. The first-order chi connectivity index (χ1) is 17.6. The van der Waals surface area contributed by atoms with Gasteiger partial charge in [0.2, 0.25) is 0 Å². The van der Waals surface area contributed by atoms with Gasteiger partial charge in [0.05, 0.1) is 25.5 Å². The molecular formula is C27H33N5O3S. The fourth-order valence-corrected chi connectivity index (χ4v) is 5.51. The number of hydrogen-bond donors (Lipinski definition) is 1. The monoisotopic (exact) mass is 507 g/mol. The molecule has 4 heterocycles. The minimum Gasteiger partial charge on any atom is -0.492 e. The van der Waals surface area contributed by atoms with Gasteiger partial charge in [-0.25, -0.2) is 9.97 Å². The molecule has 0 aliphatic carbocycles. The van der Waals surface area contributed by atoms with Gasteiger partial charge in [0.25, 0.3) is 0 Å². The van der Waals surface area contributed by atoms with Crippen molar-refractivity contribution in [3.8, 4) is 27.8 Å². The Balaban J connectivity index is 1.31. The third kappa shape index (κ3) is 5.38. The van der Waals surface area contributed by atoms with Crippen molar-refractivity contribution in [2.75, 3.05) is 26.4 Å². The van der Waals surface area contributed by atoms with E-state index in [2.05, 4.69) is 34.5 Å². The predicted octanol–water partition coefficient (Wildman–Crippen LogP) is 5.10. The standard InChI is InChI=1S/C27H33N5O3S/c1-18(2)32-11-9-30-26(32)27-31-25-21-7-6-19(15-22(21)33-13-8-23(25)36-27)20(16-28)17-29-10-14-35-24-5-3-4-12-34-24/h6-7,9,11,15-18,24H,3-5,8,10,12-14,28H2,1-2H3. The number of nitrogens with two attached hydrogens (primary N) is 1. The van der Waals surface area contributed by atoms with Crippen LogP contribution in [0.1, 0.15) is 49.6 Å². The molecule has 2 aromatic heterocycles. The number of hydrogen-bond acceptors (Lipinski definition) is 8. The molecule has 0 radical (unpaired) electrons. The second-order valence-corrected chi connectivity index (χ2v) is 10.3. The third-order valence-electron chi connectivity index (χ3n) is 6.34. The van der Waals surface area contributed by atoms with Crippen LogP contribution in [0.2, 0.25) is 0 Å². The molecule has 0 spiro atoms. The van der Waals surface area contributed by atoms with Crippen molar-refractivity contribution < 1.29 is 14.2 Å². The lowest BCUT2D eigenvalue weighted by Crippen LogP contribution is -2.23. The van der Waals surface area contributed by atoms with Crippen molar-refractivity contribution in [3.63, 3.8) is 0 Å². The number of benzene rings is 1. The van der Waals surface area contributed by atoms with Crippen molar-refractivity contribution in [2.24, 2.45) is 10.7 Å². The molecule has 5 rings (SSSR count). The molecule has 1 aromatic carbocycles. The van der Waals surface area contributed by atoms with Crippen LogP contribution in [0.4, 0.5) is 0 Å². The van der Waals surface area contributed by atoms with Gasteiger partial charge in [0, 0.05) is 59.9 Å². The molecule has 3 aromatic rings. The van der Waals surface area contributed by atoms with Crippen molar-refractivity contribution in [1.82, 2.24) is 14.5 Å². The van der Waals surface area contributed by atoms with Crippen LogP contribution in [0.5, 0.6) is 5.75 Å². The largest absolute Gasteiger partial charge is 0.492 e. The van der Waals surface area contributed by atoms with Gasteiger partial charge in [-0.3, -0.25) is 4.99 Å². The van der Waals surface area contributed by atoms with Crippen LogP contribution >= 0.6 is 11.3 Å². The van der Waals surface area contributed by atoms with Crippen molar-refractivity contribution in [2.45, 2.75) is 51.9 Å². The maximum Gasteiger partial charge on any atom is 0.169 e. The lowest BCUT2D eigenvalue weighted by Gasteiger charge is -2.22. The van der Waals surface area contributed by atoms with Gasteiger partial charge >= 0.3 is 0 Å². The van der Waals surface area contributed by atoms with Gasteiger partial charge in [-0.05, 0) is 50.8 Å². The minimum atomic E-state index is -0.0956. The van der Waals surface area contributed by atoms with E-state index in [0.717, 1.165) is 71.3 Å². The molecule has 190 valence electrons. The number of thiazole rings is 1. The maximum atomic E-state index is 6.13. The highest BCUT2D eigenvalue weighted by Gasteiger charge is 2.23. The summed E-state index contributed by atoms with van der Waals surface area (Å²) in [7, 11) is 0. The lowest BCUT2D eigenvalue weighted by atomic mass is 10.0. The van der Waals surface area contributed by atoms with Crippen LogP contribution < -0.4 is 10.5 Å². The minimum absolute atomic E-state index is 0.0956. The topological polar surface area (TPSA) is 96.8 Å². The molecule has 2 aliphatic rings. The van der Waals surface area contributed by atoms with Crippen molar-refractivity contribution in [3.05, 3.63) is 47.2 Å². The van der Waals surface area contributed by atoms with E-state index in [-0.39, 0.29) is 6.29 Å². The van der Waals surface area contributed by atoms with Crippen LogP contribution in [0.15, 0.2) is 41.8 Å². The molecule has 0 bridgehead atoms. The summed E-state index contributed by atoms with van der Waals surface area (Å²) in [5.41, 5.74) is 9.70. The zero-order chi connectivity index (χ0) is 24.9. The second-order valence-electron chi connectivity index (χ2n) is 9.18. The second kappa shape index (κ2) is 11.4. The molecule has 2 N–H and O–H groups in total. The fraction of sp³-hybridized carbons (Fsp3) is 0.444. The smallest absolute Gasteiger partial charge is 0.169 e. The molecular weight excluding hydrogens is 474 g/mol. The molecule has 1 saturated heterocycles. The van der Waals surface area contributed by atoms with Crippen LogP contribution in [0.25, 0.3) is 27.7 Å². The molecule has 1 unspecified atom stereocenters. The Kier molecular flexibility index (Phi) is 7.79. The van der Waals surface area contributed by atoms with E-state index < -0.39 is 0 Å². The van der Waals surface area contributed by atoms with Gasteiger partial charge in [-0.15, -0.1) is 11.3 Å². The van der Waals surface area contributed by atoms with Crippen LogP contribution in [0.3, 0.4) is 0 Å². The number of rotatable bonds is 8. The van der Waals surface area contributed by atoms with Gasteiger partial charge in [0.1, 0.15) is 5.75 Å². The van der Waals surface area contributed by atoms with Crippen molar-refractivity contribution in [1.29, 1.82) is 0 Å². The van der Waals surface area contributed by atoms with E-state index in [4.69, 9.17) is 24.9 Å². The summed E-state index contributed by atoms with van der Waals surface area (Å²) in [6.07, 6.45) is 11.1. The number of aromatic nitrogens is 3. The first kappa shape index (κ1) is 24.7. The third-order valence-corrected chi connectivity index (χ3v) is 7.45. The lowest BCUT2D eigenvalue weighted by molar-refractivity contribution is -0.160. The summed E-state index contributed by atoms with van der Waals surface area (Å²) in [4.78, 5) is 15.3. The summed E-state index contributed by atoms with van der Waals surface area (Å²) in [6.45, 7) is 6.75. The first-order valence-corrected chi connectivity index (χ1v) is 13.4. The fourth-order valence-electron chi connectivity index (χ4n) is 4.45. The summed E-state index contributed by atoms with van der Waals surface area (Å²) < 4.78 is 19.6. The van der Waals surface area contributed by atoms with Crippen LogP contribution in [-0.2, 0) is 15.9 Å². The summed E-state index contributed by atoms with van der Waals surface area (Å²) in [5, 5.41) is 0.936. The molecule has 2 aliphatic heterocycles. The SMILES string of the molecule is CC(C)n1ccnc1-c1nc2c(s1)CCOc1cc(C(C=NCCOC3CCCCO3)=CN)ccc1-2.